The summed E-state index contributed by atoms with van der Waals surface area (Å²) in [7, 11) is 0. The zero-order chi connectivity index (χ0) is 23.2. The highest BCUT2D eigenvalue weighted by Crippen LogP contribution is 2.39. The van der Waals surface area contributed by atoms with Gasteiger partial charge in [-0.1, -0.05) is 0 Å². The molecule has 168 valence electrons. The number of carbonyl (C=O) groups excluding carboxylic acids is 4. The van der Waals surface area contributed by atoms with Crippen LogP contribution in [0, 0.1) is 0 Å². The number of nitrogens with zero attached hydrogens (tertiary/aromatic N) is 2. The van der Waals surface area contributed by atoms with Crippen LogP contribution in [0.1, 0.15) is 41.4 Å². The first kappa shape index (κ1) is 22.8. The molecule has 2 heterocycles. The molecule has 4 amide bonds. The monoisotopic (exact) mass is 474 g/mol. The first-order chi connectivity index (χ1) is 15.4. The Bertz CT molecular complexity index is 1070. The number of thioether (sulfide) groups is 2. The standard InChI is InChI=1S/C22H22N2O6S2/c1-31-9-12(10-32-2)24-21(29)15-5-3-13-17-14(4-6-16(18(15)17)22(24)30)20(28)23(19(13)27)11(7-25)8-26/h3-6,11-12,25-26H,7-10H2,1-2H3. The van der Waals surface area contributed by atoms with Gasteiger partial charge in [-0.15, -0.1) is 0 Å². The molecule has 0 fully saturated rings. The van der Waals surface area contributed by atoms with Gasteiger partial charge in [0.15, 0.2) is 0 Å². The van der Waals surface area contributed by atoms with Crippen LogP contribution in [0.4, 0.5) is 0 Å². The third-order valence-corrected chi connectivity index (χ3v) is 7.26. The molecule has 0 atom stereocenters. The fourth-order valence-corrected chi connectivity index (χ4v) is 5.83. The van der Waals surface area contributed by atoms with Crippen molar-refractivity contribution in [2.75, 3.05) is 37.2 Å². The lowest BCUT2D eigenvalue weighted by molar-refractivity contribution is 0.0373. The summed E-state index contributed by atoms with van der Waals surface area (Å²) in [5, 5.41) is 19.6. The van der Waals surface area contributed by atoms with E-state index < -0.39 is 42.9 Å². The molecule has 0 aromatic heterocycles. The van der Waals surface area contributed by atoms with Crippen LogP contribution in [0.25, 0.3) is 10.8 Å². The van der Waals surface area contributed by atoms with Crippen molar-refractivity contribution in [1.82, 2.24) is 9.80 Å². The lowest BCUT2D eigenvalue weighted by atomic mass is 9.85. The smallest absolute Gasteiger partial charge is 0.261 e. The highest BCUT2D eigenvalue weighted by Gasteiger charge is 2.42. The molecule has 32 heavy (non-hydrogen) atoms. The average molecular weight is 475 g/mol. The molecule has 2 aromatic carbocycles. The van der Waals surface area contributed by atoms with Crippen LogP contribution in [0.5, 0.6) is 0 Å². The average Bonchev–Trinajstić information content (AvgIpc) is 2.79. The molecule has 10 heteroatoms. The lowest BCUT2D eigenvalue weighted by Gasteiger charge is -2.36. The van der Waals surface area contributed by atoms with E-state index in [2.05, 4.69) is 0 Å². The summed E-state index contributed by atoms with van der Waals surface area (Å²) in [6.07, 6.45) is 3.83. The second-order valence-corrected chi connectivity index (χ2v) is 9.44. The molecule has 0 unspecified atom stereocenters. The Hall–Kier alpha value is -2.40. The third-order valence-electron chi connectivity index (χ3n) is 5.83. The fourth-order valence-electron chi connectivity index (χ4n) is 4.38. The summed E-state index contributed by atoms with van der Waals surface area (Å²) < 4.78 is 0. The lowest BCUT2D eigenvalue weighted by Crippen LogP contribution is -2.51. The van der Waals surface area contributed by atoms with E-state index in [-0.39, 0.29) is 33.7 Å². The van der Waals surface area contributed by atoms with Gasteiger partial charge in [0, 0.05) is 44.5 Å². The zero-order valence-electron chi connectivity index (χ0n) is 17.5. The van der Waals surface area contributed by atoms with E-state index in [0.717, 1.165) is 4.90 Å². The second-order valence-electron chi connectivity index (χ2n) is 7.62. The zero-order valence-corrected chi connectivity index (χ0v) is 19.2. The van der Waals surface area contributed by atoms with Crippen molar-refractivity contribution >= 4 is 57.9 Å². The number of hydrogen-bond acceptors (Lipinski definition) is 8. The third kappa shape index (κ3) is 3.24. The topological polar surface area (TPSA) is 115 Å². The minimum Gasteiger partial charge on any atom is -0.394 e. The molecule has 0 aliphatic carbocycles. The maximum absolute atomic E-state index is 13.4. The molecule has 2 aliphatic heterocycles. The number of carbonyl (C=O) groups is 4. The number of aliphatic hydroxyl groups excluding tert-OH is 2. The molecule has 0 bridgehead atoms. The fraction of sp³-hybridized carbons (Fsp3) is 0.364. The summed E-state index contributed by atoms with van der Waals surface area (Å²) in [5.41, 5.74) is 0.876. The first-order valence-corrected chi connectivity index (χ1v) is 12.7. The van der Waals surface area contributed by atoms with E-state index in [1.165, 1.54) is 29.2 Å². The van der Waals surface area contributed by atoms with E-state index >= 15 is 0 Å². The molecule has 0 radical (unpaired) electrons. The Morgan fingerprint density at radius 1 is 0.656 bits per heavy atom. The predicted octanol–water partition coefficient (Wildman–Crippen LogP) is 1.48. The van der Waals surface area contributed by atoms with Crippen LogP contribution in [0.2, 0.25) is 0 Å². The molecule has 0 spiro atoms. The number of imide groups is 2. The minimum atomic E-state index is -1.08. The van der Waals surface area contributed by atoms with Gasteiger partial charge in [0.2, 0.25) is 0 Å². The summed E-state index contributed by atoms with van der Waals surface area (Å²) in [6.45, 7) is -1.17. The van der Waals surface area contributed by atoms with Crippen molar-refractivity contribution in [3.8, 4) is 0 Å². The van der Waals surface area contributed by atoms with Crippen LogP contribution >= 0.6 is 23.5 Å². The van der Waals surface area contributed by atoms with Crippen LogP contribution in [-0.2, 0) is 0 Å². The normalized spacial score (nSPS) is 15.7. The first-order valence-electron chi connectivity index (χ1n) is 9.96. The molecule has 2 aliphatic rings. The maximum Gasteiger partial charge on any atom is 0.261 e. The Labute approximate surface area is 192 Å². The van der Waals surface area contributed by atoms with Gasteiger partial charge in [-0.3, -0.25) is 29.0 Å². The SMILES string of the molecule is CSCC(CSC)N1C(=O)c2ccc3c4c(ccc(c24)C1=O)C(=O)N(C(CO)CO)C3=O. The van der Waals surface area contributed by atoms with E-state index in [1.807, 2.05) is 12.5 Å². The van der Waals surface area contributed by atoms with Crippen LogP contribution in [0.3, 0.4) is 0 Å². The van der Waals surface area contributed by atoms with Crippen LogP contribution in [-0.4, -0.2) is 93.0 Å². The Balaban J connectivity index is 1.91. The van der Waals surface area contributed by atoms with Gasteiger partial charge >= 0.3 is 0 Å². The summed E-state index contributed by atoms with van der Waals surface area (Å²) >= 11 is 3.10. The van der Waals surface area contributed by atoms with Gasteiger partial charge in [-0.05, 0) is 36.8 Å². The van der Waals surface area contributed by atoms with Crippen LogP contribution in [0.15, 0.2) is 24.3 Å². The largest absolute Gasteiger partial charge is 0.394 e. The molecular weight excluding hydrogens is 452 g/mol. The van der Waals surface area contributed by atoms with Crippen LogP contribution < -0.4 is 0 Å². The van der Waals surface area contributed by atoms with Gasteiger partial charge in [-0.25, -0.2) is 0 Å². The highest BCUT2D eigenvalue weighted by molar-refractivity contribution is 7.99. The molecule has 0 saturated heterocycles. The van der Waals surface area contributed by atoms with Gasteiger partial charge in [0.1, 0.15) is 0 Å². The number of benzene rings is 2. The predicted molar refractivity (Wildman–Crippen MR) is 123 cm³/mol. The number of rotatable bonds is 8. The summed E-state index contributed by atoms with van der Waals surface area (Å²) in [4.78, 5) is 55.1. The molecule has 8 nitrogen and oxygen atoms in total. The molecule has 0 saturated carbocycles. The molecule has 4 rings (SSSR count). The van der Waals surface area contributed by atoms with E-state index in [1.54, 1.807) is 23.5 Å². The molecular formula is C22H22N2O6S2. The molecule has 2 N–H and O–H groups in total. The van der Waals surface area contributed by atoms with Crippen molar-refractivity contribution in [2.45, 2.75) is 12.1 Å². The van der Waals surface area contributed by atoms with Gasteiger partial charge in [0.25, 0.3) is 23.6 Å². The molecule has 2 aromatic rings. The van der Waals surface area contributed by atoms with Crippen molar-refractivity contribution in [3.05, 3.63) is 46.5 Å². The Kier molecular flexibility index (Phi) is 6.30. The summed E-state index contributed by atoms with van der Waals surface area (Å²) in [6, 6.07) is 4.61. The Morgan fingerprint density at radius 3 is 1.25 bits per heavy atom. The van der Waals surface area contributed by atoms with E-state index in [0.29, 0.717) is 16.9 Å². The quantitative estimate of drug-likeness (QED) is 0.553. The number of aliphatic hydroxyl groups is 2. The minimum absolute atomic E-state index is 0.158. The van der Waals surface area contributed by atoms with Gasteiger partial charge in [0.05, 0.1) is 25.3 Å². The van der Waals surface area contributed by atoms with Crippen molar-refractivity contribution < 1.29 is 29.4 Å². The highest BCUT2D eigenvalue weighted by atomic mass is 32.2. The number of hydrogen-bond donors (Lipinski definition) is 2. The number of amides is 4. The van der Waals surface area contributed by atoms with E-state index in [4.69, 9.17) is 0 Å². The van der Waals surface area contributed by atoms with Gasteiger partial charge in [-0.2, -0.15) is 23.5 Å². The van der Waals surface area contributed by atoms with E-state index in [9.17, 15) is 29.4 Å². The second kappa shape index (κ2) is 8.86. The Morgan fingerprint density at radius 2 is 0.969 bits per heavy atom. The van der Waals surface area contributed by atoms with Crippen molar-refractivity contribution in [2.24, 2.45) is 0 Å². The summed E-state index contributed by atoms with van der Waals surface area (Å²) in [5.74, 6) is -1.03. The van der Waals surface area contributed by atoms with Crippen molar-refractivity contribution in [1.29, 1.82) is 0 Å². The maximum atomic E-state index is 13.4. The van der Waals surface area contributed by atoms with Crippen molar-refractivity contribution in [3.63, 3.8) is 0 Å². The van der Waals surface area contributed by atoms with Gasteiger partial charge < -0.3 is 10.2 Å².